The molecule has 0 amide bonds. The maximum atomic E-state index is 5.34. The maximum Gasteiger partial charge on any atom is 0.116 e. The van der Waals surface area contributed by atoms with Crippen LogP contribution in [0.3, 0.4) is 0 Å². The molecule has 0 unspecified atom stereocenters. The topological polar surface area (TPSA) is 38.2 Å². The Labute approximate surface area is 109 Å². The molecule has 1 fully saturated rings. The van der Waals surface area contributed by atoms with Gasteiger partial charge in [0, 0.05) is 25.3 Å². The van der Waals surface area contributed by atoms with Crippen LogP contribution in [-0.4, -0.2) is 47.7 Å². The summed E-state index contributed by atoms with van der Waals surface area (Å²) in [5, 5.41) is 0. The molecule has 0 N–H and O–H groups in total. The molecule has 1 aromatic rings. The smallest absolute Gasteiger partial charge is 0.116 e. The van der Waals surface area contributed by atoms with Crippen LogP contribution in [0, 0.1) is 0 Å². The molecule has 0 bridgehead atoms. The minimum Gasteiger partial charge on any atom is -0.379 e. The third kappa shape index (κ3) is 3.37. The fraction of sp³-hybridized carbons (Fsp3) is 0.571. The molecule has 1 saturated heterocycles. The third-order valence-corrected chi connectivity index (χ3v) is 3.16. The Morgan fingerprint density at radius 3 is 2.78 bits per heavy atom. The Kier molecular flexibility index (Phi) is 4.44. The summed E-state index contributed by atoms with van der Waals surface area (Å²) in [6.45, 7) is 12.9. The highest BCUT2D eigenvalue weighted by atomic mass is 16.5. The predicted octanol–water partition coefficient (Wildman–Crippen LogP) is 1.95. The van der Waals surface area contributed by atoms with Gasteiger partial charge in [0.2, 0.25) is 0 Å². The average molecular weight is 247 g/mol. The fourth-order valence-corrected chi connectivity index (χ4v) is 1.99. The predicted molar refractivity (Wildman–Crippen MR) is 72.4 cm³/mol. The van der Waals surface area contributed by atoms with E-state index in [2.05, 4.69) is 35.3 Å². The van der Waals surface area contributed by atoms with E-state index in [4.69, 9.17) is 4.74 Å². The van der Waals surface area contributed by atoms with Gasteiger partial charge in [-0.15, -0.1) is 0 Å². The molecule has 0 spiro atoms. The van der Waals surface area contributed by atoms with Crippen LogP contribution in [0.15, 0.2) is 19.0 Å². The van der Waals surface area contributed by atoms with Crippen LogP contribution in [0.4, 0.5) is 0 Å². The van der Waals surface area contributed by atoms with Gasteiger partial charge in [0.25, 0.3) is 0 Å². The highest BCUT2D eigenvalue weighted by Crippen LogP contribution is 2.16. The van der Waals surface area contributed by atoms with E-state index in [9.17, 15) is 0 Å². The summed E-state index contributed by atoms with van der Waals surface area (Å²) in [4.78, 5) is 11.0. The molecule has 0 aliphatic carbocycles. The first-order valence-corrected chi connectivity index (χ1v) is 6.47. The Hall–Kier alpha value is -1.26. The summed E-state index contributed by atoms with van der Waals surface area (Å²) in [7, 11) is 0. The molecule has 1 aliphatic rings. The molecule has 1 aliphatic heterocycles. The fourth-order valence-electron chi connectivity index (χ4n) is 1.99. The molecule has 98 valence electrons. The largest absolute Gasteiger partial charge is 0.379 e. The Morgan fingerprint density at radius 2 is 2.11 bits per heavy atom. The van der Waals surface area contributed by atoms with Crippen molar-refractivity contribution in [2.75, 3.05) is 32.8 Å². The number of morpholine rings is 1. The molecule has 0 aromatic carbocycles. The zero-order valence-corrected chi connectivity index (χ0v) is 11.2. The van der Waals surface area contributed by atoms with Crippen molar-refractivity contribution in [1.29, 1.82) is 0 Å². The van der Waals surface area contributed by atoms with Crippen LogP contribution in [0.1, 0.15) is 31.2 Å². The Morgan fingerprint density at radius 1 is 1.39 bits per heavy atom. The van der Waals surface area contributed by atoms with Crippen molar-refractivity contribution in [3.05, 3.63) is 30.4 Å². The molecule has 18 heavy (non-hydrogen) atoms. The first kappa shape index (κ1) is 13.2. The Bertz CT molecular complexity index is 411. The van der Waals surface area contributed by atoms with Gasteiger partial charge in [-0.1, -0.05) is 20.4 Å². The SMILES string of the molecule is C=C(CN1CCOCC1)c1cc(C(C)C)ncn1. The lowest BCUT2D eigenvalue weighted by atomic mass is 10.1. The summed E-state index contributed by atoms with van der Waals surface area (Å²) in [6.07, 6.45) is 1.63. The number of hydrogen-bond acceptors (Lipinski definition) is 4. The van der Waals surface area contributed by atoms with Gasteiger partial charge in [0.15, 0.2) is 0 Å². The van der Waals surface area contributed by atoms with Crippen molar-refractivity contribution >= 4 is 5.57 Å². The molecule has 2 heterocycles. The highest BCUT2D eigenvalue weighted by Gasteiger charge is 2.13. The van der Waals surface area contributed by atoms with Crippen molar-refractivity contribution in [3.8, 4) is 0 Å². The molecule has 0 saturated carbocycles. The molecule has 4 nitrogen and oxygen atoms in total. The van der Waals surface area contributed by atoms with Gasteiger partial charge in [-0.2, -0.15) is 0 Å². The molecule has 0 atom stereocenters. The van der Waals surface area contributed by atoms with E-state index in [0.29, 0.717) is 5.92 Å². The van der Waals surface area contributed by atoms with E-state index < -0.39 is 0 Å². The second-order valence-corrected chi connectivity index (χ2v) is 4.97. The number of rotatable bonds is 4. The van der Waals surface area contributed by atoms with Gasteiger partial charge in [-0.25, -0.2) is 9.97 Å². The van der Waals surface area contributed by atoms with Crippen LogP contribution in [0.25, 0.3) is 5.57 Å². The lowest BCUT2D eigenvalue weighted by Gasteiger charge is -2.27. The zero-order valence-electron chi connectivity index (χ0n) is 11.2. The van der Waals surface area contributed by atoms with Gasteiger partial charge in [0.1, 0.15) is 6.33 Å². The standard InChI is InChI=1S/C14H21N3O/c1-11(2)13-8-14(16-10-15-13)12(3)9-17-4-6-18-7-5-17/h8,10-11H,3-7,9H2,1-2H3. The van der Waals surface area contributed by atoms with Crippen molar-refractivity contribution in [1.82, 2.24) is 14.9 Å². The van der Waals surface area contributed by atoms with E-state index in [0.717, 1.165) is 49.8 Å². The van der Waals surface area contributed by atoms with Crippen molar-refractivity contribution in [3.63, 3.8) is 0 Å². The maximum absolute atomic E-state index is 5.34. The zero-order chi connectivity index (χ0) is 13.0. The summed E-state index contributed by atoms with van der Waals surface area (Å²) >= 11 is 0. The van der Waals surface area contributed by atoms with E-state index in [1.54, 1.807) is 6.33 Å². The number of nitrogens with zero attached hydrogens (tertiary/aromatic N) is 3. The number of ether oxygens (including phenoxy) is 1. The summed E-state index contributed by atoms with van der Waals surface area (Å²) in [6, 6.07) is 2.05. The summed E-state index contributed by atoms with van der Waals surface area (Å²) in [5.41, 5.74) is 3.09. The normalized spacial score (nSPS) is 17.1. The van der Waals surface area contributed by atoms with Crippen molar-refractivity contribution in [2.45, 2.75) is 19.8 Å². The number of hydrogen-bond donors (Lipinski definition) is 0. The van der Waals surface area contributed by atoms with Gasteiger partial charge < -0.3 is 4.74 Å². The second-order valence-electron chi connectivity index (χ2n) is 4.97. The van der Waals surface area contributed by atoms with Crippen LogP contribution < -0.4 is 0 Å². The van der Waals surface area contributed by atoms with Gasteiger partial charge >= 0.3 is 0 Å². The third-order valence-electron chi connectivity index (χ3n) is 3.16. The van der Waals surface area contributed by atoms with Gasteiger partial charge in [-0.3, -0.25) is 4.90 Å². The van der Waals surface area contributed by atoms with Crippen LogP contribution in [0.5, 0.6) is 0 Å². The molecule has 1 aromatic heterocycles. The molecular weight excluding hydrogens is 226 g/mol. The van der Waals surface area contributed by atoms with Crippen LogP contribution >= 0.6 is 0 Å². The summed E-state index contributed by atoms with van der Waals surface area (Å²) in [5.74, 6) is 0.419. The monoisotopic (exact) mass is 247 g/mol. The van der Waals surface area contributed by atoms with Crippen LogP contribution in [-0.2, 0) is 4.74 Å². The lowest BCUT2D eigenvalue weighted by molar-refractivity contribution is 0.0444. The molecule has 0 radical (unpaired) electrons. The van der Waals surface area contributed by atoms with Gasteiger partial charge in [0.05, 0.1) is 18.9 Å². The molecule has 4 heteroatoms. The lowest BCUT2D eigenvalue weighted by Crippen LogP contribution is -2.37. The summed E-state index contributed by atoms with van der Waals surface area (Å²) < 4.78 is 5.34. The van der Waals surface area contributed by atoms with E-state index in [-0.39, 0.29) is 0 Å². The second kappa shape index (κ2) is 6.07. The Balaban J connectivity index is 2.01. The minimum atomic E-state index is 0.419. The van der Waals surface area contributed by atoms with Crippen molar-refractivity contribution in [2.24, 2.45) is 0 Å². The quantitative estimate of drug-likeness (QED) is 0.815. The van der Waals surface area contributed by atoms with Crippen LogP contribution in [0.2, 0.25) is 0 Å². The van der Waals surface area contributed by atoms with E-state index in [1.807, 2.05) is 6.07 Å². The van der Waals surface area contributed by atoms with E-state index >= 15 is 0 Å². The van der Waals surface area contributed by atoms with Gasteiger partial charge in [-0.05, 0) is 17.6 Å². The number of aromatic nitrogens is 2. The molecular formula is C14H21N3O. The minimum absolute atomic E-state index is 0.419. The first-order chi connectivity index (χ1) is 8.66. The first-order valence-electron chi connectivity index (χ1n) is 6.47. The average Bonchev–Trinajstić information content (AvgIpc) is 2.40. The van der Waals surface area contributed by atoms with E-state index in [1.165, 1.54) is 0 Å². The molecule has 2 rings (SSSR count). The highest BCUT2D eigenvalue weighted by molar-refractivity contribution is 5.61. The van der Waals surface area contributed by atoms with Crippen molar-refractivity contribution < 1.29 is 4.74 Å².